The maximum Gasteiger partial charge on any atom is 0.334 e. The third-order valence-corrected chi connectivity index (χ3v) is 15.8. The highest BCUT2D eigenvalue weighted by Crippen LogP contribution is 2.42. The lowest BCUT2D eigenvalue weighted by Crippen LogP contribution is -2.62. The van der Waals surface area contributed by atoms with E-state index in [1.807, 2.05) is 41.5 Å². The number of esters is 2. The summed E-state index contributed by atoms with van der Waals surface area (Å²) >= 11 is 0. The zero-order chi connectivity index (χ0) is 59.0. The van der Waals surface area contributed by atoms with Gasteiger partial charge < -0.3 is 28.1 Å². The van der Waals surface area contributed by atoms with Crippen LogP contribution in [0.5, 0.6) is 5.75 Å². The predicted molar refractivity (Wildman–Crippen MR) is 329 cm³/mol. The fraction of sp³-hybridized carbons (Fsp3) is 0.493. The van der Waals surface area contributed by atoms with Crippen LogP contribution >= 0.6 is 0 Å². The number of hydrogen-bond acceptors (Lipinski definition) is 9. The fourth-order valence-corrected chi connectivity index (χ4v) is 11.8. The second-order valence-electron chi connectivity index (χ2n) is 24.3. The molecule has 6 aromatic rings. The monoisotopic (exact) mass is 1120 g/mol. The van der Waals surface area contributed by atoms with Gasteiger partial charge in [-0.25, -0.2) is 4.79 Å². The average Bonchev–Trinajstić information content (AvgIpc) is 3.32. The van der Waals surface area contributed by atoms with Crippen molar-refractivity contribution >= 4 is 85.3 Å². The molecule has 0 N–H and O–H groups in total. The molecule has 82 heavy (non-hydrogen) atoms. The summed E-state index contributed by atoms with van der Waals surface area (Å²) in [5, 5.41) is 8.86. The van der Waals surface area contributed by atoms with E-state index in [0.29, 0.717) is 57.2 Å². The van der Waals surface area contributed by atoms with Crippen molar-refractivity contribution in [3.05, 3.63) is 111 Å². The first kappa shape index (κ1) is 61.1. The number of nitrogens with zero attached hydrogens (tertiary/aromatic N) is 4. The van der Waals surface area contributed by atoms with Gasteiger partial charge in [0.05, 0.1) is 30.9 Å². The van der Waals surface area contributed by atoms with Crippen molar-refractivity contribution in [1.82, 2.24) is 18.9 Å². The summed E-state index contributed by atoms with van der Waals surface area (Å²) in [4.78, 5) is 73.8. The van der Waals surface area contributed by atoms with Crippen molar-refractivity contribution in [2.24, 2.45) is 0 Å². The van der Waals surface area contributed by atoms with Gasteiger partial charge in [0.25, 0.3) is 11.8 Å². The number of benzene rings is 4. The Morgan fingerprint density at radius 2 is 1.10 bits per heavy atom. The lowest BCUT2D eigenvalue weighted by atomic mass is 9.94. The summed E-state index contributed by atoms with van der Waals surface area (Å²) in [6.07, 6.45) is 17.7. The van der Waals surface area contributed by atoms with Crippen LogP contribution in [-0.2, 0) is 52.9 Å². The molecular weight excluding hydrogens is 1030 g/mol. The van der Waals surface area contributed by atoms with Crippen molar-refractivity contribution < 1.29 is 42.9 Å². The van der Waals surface area contributed by atoms with Gasteiger partial charge in [-0.15, -0.1) is 0 Å². The summed E-state index contributed by atoms with van der Waals surface area (Å²) in [7, 11) is 0. The molecular formula is C69H88N4O9. The number of aromatic nitrogens is 2. The number of imide groups is 2. The molecule has 8 rings (SSSR count). The number of amides is 4. The molecule has 3 heterocycles. The number of carbonyl (C=O) groups is 5. The van der Waals surface area contributed by atoms with Crippen LogP contribution in [0.25, 0.3) is 55.5 Å². The van der Waals surface area contributed by atoms with Crippen LogP contribution in [0, 0.1) is 0 Å². The van der Waals surface area contributed by atoms with Crippen LogP contribution in [0.2, 0.25) is 0 Å². The van der Waals surface area contributed by atoms with E-state index < -0.39 is 47.1 Å². The standard InChI is InChI=1S/C69H88N4O9/c1-13-17-25-47-34-39-56-62-50(47)26-23-27-51(62)54(70(56)15-3)37-35-48-32-33-49(36-38-55-52-28-24-29-53-58(79-42-18-14-2)41-40-57(63(52)53)71(55)16-4)61(48)64-65(76)72(67(78)73(66(64)77)46(6)44-81-68(7,8)9)45(5)43-80-59(74)30-21-19-20-22-31-60(75)82-69(10,11)12/h23-24,26-29,34-41,45-46H,13-22,25,30-33,42-44H2,1-12H3/b48-35?,49-36+,54-37+,55-38+,64-61+. The zero-order valence-electron chi connectivity index (χ0n) is 50.9. The Labute approximate surface area is 485 Å². The van der Waals surface area contributed by atoms with Gasteiger partial charge >= 0.3 is 18.0 Å². The Balaban J connectivity index is 1.24. The van der Waals surface area contributed by atoms with Gasteiger partial charge in [-0.05, 0) is 172 Å². The molecule has 0 radical (unpaired) electrons. The van der Waals surface area contributed by atoms with Crippen molar-refractivity contribution in [3.8, 4) is 5.75 Å². The molecule has 2 fully saturated rings. The molecule has 2 atom stereocenters. The van der Waals surface area contributed by atoms with Crippen LogP contribution in [-0.4, -0.2) is 91.8 Å². The highest BCUT2D eigenvalue weighted by atomic mass is 16.6. The number of unbranched alkanes of at least 4 members (excludes halogenated alkanes) is 5. The van der Waals surface area contributed by atoms with E-state index in [4.69, 9.17) is 18.9 Å². The van der Waals surface area contributed by atoms with E-state index in [-0.39, 0.29) is 31.2 Å². The van der Waals surface area contributed by atoms with Crippen molar-refractivity contribution in [2.45, 2.75) is 203 Å². The molecule has 13 heteroatoms. The minimum absolute atomic E-state index is 0.0276. The van der Waals surface area contributed by atoms with Gasteiger partial charge in [-0.3, -0.25) is 29.0 Å². The predicted octanol–water partition coefficient (Wildman–Crippen LogP) is 13.7. The highest BCUT2D eigenvalue weighted by Gasteiger charge is 2.49. The topological polar surface area (TPSA) is 139 Å². The number of ether oxygens (including phenoxy) is 4. The first-order chi connectivity index (χ1) is 39.2. The number of aryl methyl sites for hydroxylation is 3. The minimum Gasteiger partial charge on any atom is -0.493 e. The number of allylic oxidation sites excluding steroid dienone is 5. The van der Waals surface area contributed by atoms with Crippen LogP contribution in [0.3, 0.4) is 0 Å². The summed E-state index contributed by atoms with van der Waals surface area (Å²) in [5.74, 6) is -1.29. The first-order valence-electron chi connectivity index (χ1n) is 30.3. The number of barbiturate groups is 1. The summed E-state index contributed by atoms with van der Waals surface area (Å²) < 4.78 is 28.4. The highest BCUT2D eigenvalue weighted by molar-refractivity contribution is 6.30. The molecule has 0 spiro atoms. The van der Waals surface area contributed by atoms with Crippen LogP contribution in [0.4, 0.5) is 4.79 Å². The molecule has 1 aliphatic carbocycles. The van der Waals surface area contributed by atoms with E-state index in [2.05, 4.69) is 122 Å². The Morgan fingerprint density at radius 1 is 0.573 bits per heavy atom. The molecule has 1 saturated heterocycles. The Kier molecular flexibility index (Phi) is 19.7. The maximum absolute atomic E-state index is 15.6. The van der Waals surface area contributed by atoms with Gasteiger partial charge in [-0.2, -0.15) is 0 Å². The number of carbonyl (C=O) groups excluding carboxylic acids is 5. The summed E-state index contributed by atoms with van der Waals surface area (Å²) in [6.45, 7) is 25.2. The van der Waals surface area contributed by atoms with Crippen LogP contribution in [0.15, 0.2) is 95.1 Å². The Hall–Kier alpha value is -6.99. The van der Waals surface area contributed by atoms with Gasteiger partial charge in [0.2, 0.25) is 0 Å². The van der Waals surface area contributed by atoms with Gasteiger partial charge in [0.15, 0.2) is 0 Å². The van der Waals surface area contributed by atoms with E-state index in [1.54, 1.807) is 13.8 Å². The molecule has 1 aliphatic heterocycles. The lowest BCUT2D eigenvalue weighted by Gasteiger charge is -2.40. The largest absolute Gasteiger partial charge is 0.493 e. The fourth-order valence-electron chi connectivity index (χ4n) is 11.8. The normalized spacial score (nSPS) is 17.8. The molecule has 4 aromatic carbocycles. The lowest BCUT2D eigenvalue weighted by molar-refractivity contribution is -0.155. The molecule has 0 bridgehead atoms. The second-order valence-corrected chi connectivity index (χ2v) is 24.3. The molecule has 13 nitrogen and oxygen atoms in total. The average molecular weight is 1120 g/mol. The first-order valence-corrected chi connectivity index (χ1v) is 30.3. The summed E-state index contributed by atoms with van der Waals surface area (Å²) in [6, 6.07) is 19.1. The Morgan fingerprint density at radius 3 is 1.65 bits per heavy atom. The van der Waals surface area contributed by atoms with Gasteiger partial charge in [0.1, 0.15) is 23.5 Å². The smallest absolute Gasteiger partial charge is 0.334 e. The zero-order valence-corrected chi connectivity index (χ0v) is 50.9. The number of rotatable bonds is 24. The van der Waals surface area contributed by atoms with Crippen LogP contribution < -0.4 is 15.4 Å². The molecule has 2 unspecified atom stereocenters. The van der Waals surface area contributed by atoms with E-state index >= 15 is 9.59 Å². The third kappa shape index (κ3) is 13.4. The molecule has 1 saturated carbocycles. The van der Waals surface area contributed by atoms with Crippen molar-refractivity contribution in [2.75, 3.05) is 19.8 Å². The molecule has 438 valence electrons. The number of hydrogen-bond donors (Lipinski definition) is 0. The molecule has 4 amide bonds. The van der Waals surface area contributed by atoms with Gasteiger partial charge in [0, 0.05) is 74.6 Å². The van der Waals surface area contributed by atoms with Gasteiger partial charge in [-0.1, -0.05) is 94.1 Å². The van der Waals surface area contributed by atoms with Crippen LogP contribution in [0.1, 0.15) is 166 Å². The quantitative estimate of drug-likeness (QED) is 0.0251. The van der Waals surface area contributed by atoms with E-state index in [0.717, 1.165) is 115 Å². The SMILES string of the molecule is CCCCOc1ccc2c3c1cccc3\c(=C/C=C1CCC(=C/C=c3\c4cccc5c(CCCC)ccc(c54)n3CC)C\1=C1\C(=O)N(C(C)COC(=O)CCCCCCC(=O)OC(C)(C)C)C(=O)N(C(C)COC(C)(C)C)C1=O)n2CC. The second kappa shape index (κ2) is 26.5. The molecule has 2 aliphatic rings. The van der Waals surface area contributed by atoms with E-state index in [9.17, 15) is 14.4 Å². The van der Waals surface area contributed by atoms with Crippen molar-refractivity contribution in [3.63, 3.8) is 0 Å². The summed E-state index contributed by atoms with van der Waals surface area (Å²) in [5.41, 5.74) is 4.42. The van der Waals surface area contributed by atoms with Crippen molar-refractivity contribution in [1.29, 1.82) is 0 Å². The number of urea groups is 1. The third-order valence-electron chi connectivity index (χ3n) is 15.8. The van der Waals surface area contributed by atoms with E-state index in [1.165, 1.54) is 16.3 Å². The minimum atomic E-state index is -0.936. The molecule has 2 aromatic heterocycles. The maximum atomic E-state index is 15.6. The Bertz CT molecular complexity index is 3560.